The topological polar surface area (TPSA) is 84.9 Å². The Morgan fingerprint density at radius 1 is 1.48 bits per heavy atom. The minimum Gasteiger partial charge on any atom is -0.616 e. The number of likely N-dealkylation sites (tertiary alicyclic amines) is 1. The molecule has 0 aromatic heterocycles. The van der Waals surface area contributed by atoms with Gasteiger partial charge in [0.2, 0.25) is 5.91 Å². The number of rotatable bonds is 4. The summed E-state index contributed by atoms with van der Waals surface area (Å²) in [5, 5.41) is 2.56. The Kier molecular flexibility index (Phi) is 4.58. The molecule has 1 aliphatic carbocycles. The molecule has 4 aliphatic rings. The number of nitrogens with zero attached hydrogens (tertiary/aromatic N) is 2. The molecule has 0 saturated carbocycles. The third-order valence-electron chi connectivity index (χ3n) is 5.35. The van der Waals surface area contributed by atoms with Gasteiger partial charge in [-0.3, -0.25) is 9.69 Å². The molecule has 7 nitrogen and oxygen atoms in total. The van der Waals surface area contributed by atoms with Crippen molar-refractivity contribution in [2.24, 2.45) is 5.41 Å². The fourth-order valence-electron chi connectivity index (χ4n) is 4.12. The molecule has 27 heavy (non-hydrogen) atoms. The van der Waals surface area contributed by atoms with Crippen LogP contribution in [0.3, 0.4) is 0 Å². The van der Waals surface area contributed by atoms with Gasteiger partial charge in [-0.25, -0.2) is 13.6 Å². The molecule has 0 aromatic carbocycles. The van der Waals surface area contributed by atoms with E-state index in [9.17, 15) is 22.9 Å². The van der Waals surface area contributed by atoms with E-state index in [4.69, 9.17) is 4.74 Å². The third-order valence-corrected chi connectivity index (χ3v) is 7.22. The number of alkyl halides is 1. The molecule has 0 aromatic rings. The Hall–Kier alpha value is -1.81. The fraction of sp³-hybridized carbons (Fsp3) is 0.647. The van der Waals surface area contributed by atoms with Gasteiger partial charge >= 0.3 is 6.09 Å². The van der Waals surface area contributed by atoms with Crippen molar-refractivity contribution < 1.29 is 27.7 Å². The van der Waals surface area contributed by atoms with Crippen molar-refractivity contribution >= 4 is 23.2 Å². The number of allylic oxidation sites excluding steroid dienone is 4. The van der Waals surface area contributed by atoms with Crippen LogP contribution in [0.15, 0.2) is 23.3 Å². The Balaban J connectivity index is 1.42. The number of carbonyl (C=O) groups excluding carboxylic acids is 2. The van der Waals surface area contributed by atoms with E-state index < -0.39 is 35.4 Å². The molecule has 0 radical (unpaired) electrons. The summed E-state index contributed by atoms with van der Waals surface area (Å²) in [7, 11) is 0. The van der Waals surface area contributed by atoms with Gasteiger partial charge in [0.1, 0.15) is 29.6 Å². The van der Waals surface area contributed by atoms with Gasteiger partial charge in [0.05, 0.1) is 24.2 Å². The Bertz CT molecular complexity index is 730. The van der Waals surface area contributed by atoms with Crippen LogP contribution < -0.4 is 5.32 Å². The highest BCUT2D eigenvalue weighted by atomic mass is 32.2. The van der Waals surface area contributed by atoms with Crippen LogP contribution in [0.5, 0.6) is 0 Å². The fourth-order valence-corrected chi connectivity index (χ4v) is 5.77. The van der Waals surface area contributed by atoms with Crippen molar-refractivity contribution in [3.63, 3.8) is 0 Å². The second kappa shape index (κ2) is 6.66. The van der Waals surface area contributed by atoms with Gasteiger partial charge in [-0.05, 0) is 6.08 Å². The van der Waals surface area contributed by atoms with Gasteiger partial charge in [0.15, 0.2) is 0 Å². The number of amides is 2. The first-order chi connectivity index (χ1) is 12.8. The molecule has 10 heteroatoms. The van der Waals surface area contributed by atoms with Crippen molar-refractivity contribution in [3.05, 3.63) is 23.3 Å². The monoisotopic (exact) mass is 401 g/mol. The van der Waals surface area contributed by atoms with E-state index >= 15 is 0 Å². The molecule has 3 saturated heterocycles. The van der Waals surface area contributed by atoms with Crippen molar-refractivity contribution in [1.82, 2.24) is 15.1 Å². The minimum atomic E-state index is -1.55. The second-order valence-electron chi connectivity index (χ2n) is 7.68. The standard InChI is InChI=1S/C17H21F2N3O4S/c1-10(23)20-4-12-5-22(16(24)26-12)11-2-13(18)15(14(19)3-11)21-6-17(7-21)8-27(25)9-17/h2,12,14H,3-9H2,1H3,(H,20,23)/t12-,14?/m0/s1. The quantitative estimate of drug-likeness (QED) is 0.705. The Morgan fingerprint density at radius 2 is 2.19 bits per heavy atom. The maximum Gasteiger partial charge on any atom is 0.414 e. The van der Waals surface area contributed by atoms with Crippen LogP contribution in [-0.4, -0.2) is 76.3 Å². The molecule has 148 valence electrons. The SMILES string of the molecule is CC(=O)NC[C@H]1CN(C2=CC(F)=C(N3CC4(C3)C[S+]([O-])C4)C(F)C2)C(=O)O1. The number of hydrogen-bond donors (Lipinski definition) is 1. The molecular formula is C17H21F2N3O4S. The van der Waals surface area contributed by atoms with Crippen LogP contribution in [0, 0.1) is 5.41 Å². The molecule has 1 spiro atoms. The van der Waals surface area contributed by atoms with E-state index in [0.717, 1.165) is 0 Å². The lowest BCUT2D eigenvalue weighted by Crippen LogP contribution is -2.68. The van der Waals surface area contributed by atoms with Gasteiger partial charge in [-0.2, -0.15) is 0 Å². The van der Waals surface area contributed by atoms with E-state index in [1.165, 1.54) is 17.9 Å². The summed E-state index contributed by atoms with van der Waals surface area (Å²) < 4.78 is 45.8. The normalized spacial score (nSPS) is 30.1. The van der Waals surface area contributed by atoms with E-state index in [2.05, 4.69) is 5.32 Å². The number of carbonyl (C=O) groups is 2. The second-order valence-corrected chi connectivity index (χ2v) is 9.14. The predicted octanol–water partition coefficient (Wildman–Crippen LogP) is 0.814. The molecule has 0 bridgehead atoms. The third kappa shape index (κ3) is 3.40. The summed E-state index contributed by atoms with van der Waals surface area (Å²) >= 11 is -0.794. The molecule has 4 rings (SSSR count). The number of hydrogen-bond acceptors (Lipinski definition) is 5. The van der Waals surface area contributed by atoms with E-state index in [0.29, 0.717) is 24.6 Å². The summed E-state index contributed by atoms with van der Waals surface area (Å²) in [4.78, 5) is 25.9. The molecule has 2 amide bonds. The van der Waals surface area contributed by atoms with Gasteiger partial charge in [-0.15, -0.1) is 0 Å². The van der Waals surface area contributed by atoms with Crippen LogP contribution in [0.1, 0.15) is 13.3 Å². The zero-order valence-electron chi connectivity index (χ0n) is 14.9. The minimum absolute atomic E-state index is 0.0180. The largest absolute Gasteiger partial charge is 0.616 e. The average molecular weight is 401 g/mol. The zero-order chi connectivity index (χ0) is 19.3. The maximum absolute atomic E-state index is 14.7. The summed E-state index contributed by atoms with van der Waals surface area (Å²) in [5.74, 6) is 0.279. The lowest BCUT2D eigenvalue weighted by atomic mass is 9.81. The van der Waals surface area contributed by atoms with Gasteiger partial charge in [0.25, 0.3) is 0 Å². The molecule has 3 aliphatic heterocycles. The lowest BCUT2D eigenvalue weighted by Gasteiger charge is -2.56. The van der Waals surface area contributed by atoms with Crippen molar-refractivity contribution in [2.45, 2.75) is 25.6 Å². The first-order valence-corrected chi connectivity index (χ1v) is 10.3. The summed E-state index contributed by atoms with van der Waals surface area (Å²) in [5.41, 5.74) is 0.209. The molecule has 2 atom stereocenters. The van der Waals surface area contributed by atoms with Crippen molar-refractivity contribution in [3.8, 4) is 0 Å². The van der Waals surface area contributed by atoms with Crippen LogP contribution >= 0.6 is 0 Å². The molecule has 3 heterocycles. The van der Waals surface area contributed by atoms with Crippen LogP contribution in [0.4, 0.5) is 13.6 Å². The zero-order valence-corrected chi connectivity index (χ0v) is 15.7. The predicted molar refractivity (Wildman–Crippen MR) is 93.3 cm³/mol. The molecular weight excluding hydrogens is 380 g/mol. The van der Waals surface area contributed by atoms with E-state index in [-0.39, 0.29) is 42.2 Å². The number of nitrogens with one attached hydrogen (secondary N) is 1. The summed E-state index contributed by atoms with van der Waals surface area (Å²) in [6.07, 6.45) is -1.68. The maximum atomic E-state index is 14.7. The van der Waals surface area contributed by atoms with Gasteiger partial charge < -0.3 is 19.5 Å². The number of halogens is 2. The van der Waals surface area contributed by atoms with E-state index in [1.54, 1.807) is 4.90 Å². The van der Waals surface area contributed by atoms with Crippen molar-refractivity contribution in [2.75, 3.05) is 37.7 Å². The lowest BCUT2D eigenvalue weighted by molar-refractivity contribution is -0.119. The van der Waals surface area contributed by atoms with Gasteiger partial charge in [0, 0.05) is 32.1 Å². The van der Waals surface area contributed by atoms with E-state index in [1.807, 2.05) is 0 Å². The highest BCUT2D eigenvalue weighted by Gasteiger charge is 2.58. The van der Waals surface area contributed by atoms with Gasteiger partial charge in [-0.1, -0.05) is 11.2 Å². The van der Waals surface area contributed by atoms with Crippen LogP contribution in [0.25, 0.3) is 0 Å². The summed E-state index contributed by atoms with van der Waals surface area (Å²) in [6.45, 7) is 2.70. The highest BCUT2D eigenvalue weighted by molar-refractivity contribution is 7.92. The highest BCUT2D eigenvalue weighted by Crippen LogP contribution is 2.46. The molecule has 1 unspecified atom stereocenters. The average Bonchev–Trinajstić information content (AvgIpc) is 2.89. The number of ether oxygens (including phenoxy) is 1. The Labute approximate surface area is 158 Å². The molecule has 3 fully saturated rings. The molecule has 1 N–H and O–H groups in total. The van der Waals surface area contributed by atoms with Crippen LogP contribution in [-0.2, 0) is 20.7 Å². The summed E-state index contributed by atoms with van der Waals surface area (Å²) in [6, 6.07) is 0. The first-order valence-electron chi connectivity index (χ1n) is 8.83. The van der Waals surface area contributed by atoms with Crippen LogP contribution in [0.2, 0.25) is 0 Å². The number of cyclic esters (lactones) is 1. The Morgan fingerprint density at radius 3 is 2.78 bits per heavy atom. The van der Waals surface area contributed by atoms with Crippen molar-refractivity contribution in [1.29, 1.82) is 0 Å². The first kappa shape index (κ1) is 18.5. The smallest absolute Gasteiger partial charge is 0.414 e.